The number of aryl methyl sites for hydroxylation is 1. The van der Waals surface area contributed by atoms with Crippen LogP contribution in [0.5, 0.6) is 0 Å². The molecule has 1 aromatic carbocycles. The molecule has 0 N–H and O–H groups in total. The van der Waals surface area contributed by atoms with E-state index in [0.29, 0.717) is 12.0 Å². The fraction of sp³-hybridized carbons (Fsp3) is 0.417. The summed E-state index contributed by atoms with van der Waals surface area (Å²) in [6, 6.07) is 4.86. The van der Waals surface area contributed by atoms with Crippen molar-refractivity contribution in [1.82, 2.24) is 0 Å². The summed E-state index contributed by atoms with van der Waals surface area (Å²) in [6.07, 6.45) is 1.41. The molecule has 0 fully saturated rings. The number of Topliss-reactive ketones (excluding diaryl/α,β-unsaturated/α-hetero) is 1. The van der Waals surface area contributed by atoms with Crippen LogP contribution >= 0.6 is 0 Å². The molecule has 4 nitrogen and oxygen atoms in total. The molecule has 0 spiro atoms. The van der Waals surface area contributed by atoms with E-state index in [9.17, 15) is 14.9 Å². The normalized spacial score (nSPS) is 10.1. The second-order valence-corrected chi connectivity index (χ2v) is 3.85. The Balaban J connectivity index is 2.96. The second kappa shape index (κ2) is 5.39. The lowest BCUT2D eigenvalue weighted by Gasteiger charge is -2.03. The fourth-order valence-corrected chi connectivity index (χ4v) is 1.61. The number of nitrogens with zero attached hydrogens (tertiary/aromatic N) is 1. The first-order valence-electron chi connectivity index (χ1n) is 5.30. The minimum Gasteiger partial charge on any atom is -0.299 e. The van der Waals surface area contributed by atoms with Crippen molar-refractivity contribution in [3.8, 4) is 0 Å². The first-order chi connectivity index (χ1) is 7.54. The number of rotatable bonds is 5. The molecule has 16 heavy (non-hydrogen) atoms. The maximum atomic E-state index is 11.5. The van der Waals surface area contributed by atoms with E-state index in [4.69, 9.17) is 0 Å². The van der Waals surface area contributed by atoms with Crippen molar-refractivity contribution >= 4 is 11.5 Å². The number of hydrogen-bond acceptors (Lipinski definition) is 3. The SMILES string of the molecule is CCCC(=O)Cc1cc(C)ccc1[N+](=O)[O-]. The summed E-state index contributed by atoms with van der Waals surface area (Å²) >= 11 is 0. The Bertz CT molecular complexity index is 413. The Morgan fingerprint density at radius 1 is 1.44 bits per heavy atom. The van der Waals surface area contributed by atoms with Gasteiger partial charge in [0.1, 0.15) is 5.78 Å². The molecule has 0 unspecified atom stereocenters. The highest BCUT2D eigenvalue weighted by Crippen LogP contribution is 2.21. The van der Waals surface area contributed by atoms with Crippen LogP contribution < -0.4 is 0 Å². The molecule has 0 aliphatic rings. The van der Waals surface area contributed by atoms with Gasteiger partial charge in [0.2, 0.25) is 0 Å². The Morgan fingerprint density at radius 2 is 2.12 bits per heavy atom. The van der Waals surface area contributed by atoms with Crippen molar-refractivity contribution in [3.05, 3.63) is 39.4 Å². The highest BCUT2D eigenvalue weighted by Gasteiger charge is 2.15. The van der Waals surface area contributed by atoms with E-state index in [1.165, 1.54) is 6.07 Å². The zero-order valence-corrected chi connectivity index (χ0v) is 9.53. The molecule has 0 radical (unpaired) electrons. The molecule has 0 heterocycles. The zero-order chi connectivity index (χ0) is 12.1. The van der Waals surface area contributed by atoms with Crippen LogP contribution in [-0.4, -0.2) is 10.7 Å². The Hall–Kier alpha value is -1.71. The molecule has 86 valence electrons. The molecule has 0 amide bonds. The Morgan fingerprint density at radius 3 is 2.69 bits per heavy atom. The third-order valence-corrected chi connectivity index (χ3v) is 2.35. The molecule has 1 rings (SSSR count). The van der Waals surface area contributed by atoms with Crippen LogP contribution in [0, 0.1) is 17.0 Å². The average Bonchev–Trinajstić information content (AvgIpc) is 2.17. The number of hydrogen-bond donors (Lipinski definition) is 0. The van der Waals surface area contributed by atoms with Gasteiger partial charge in [-0.1, -0.05) is 18.6 Å². The number of ketones is 1. The summed E-state index contributed by atoms with van der Waals surface area (Å²) in [6.45, 7) is 3.78. The Labute approximate surface area is 94.4 Å². The number of benzene rings is 1. The highest BCUT2D eigenvalue weighted by molar-refractivity contribution is 5.81. The van der Waals surface area contributed by atoms with Gasteiger partial charge in [0.25, 0.3) is 5.69 Å². The lowest BCUT2D eigenvalue weighted by Crippen LogP contribution is -2.05. The van der Waals surface area contributed by atoms with Crippen molar-refractivity contribution in [2.75, 3.05) is 0 Å². The second-order valence-electron chi connectivity index (χ2n) is 3.85. The molecule has 0 bridgehead atoms. The monoisotopic (exact) mass is 221 g/mol. The number of carbonyl (C=O) groups is 1. The number of carbonyl (C=O) groups excluding carboxylic acids is 1. The summed E-state index contributed by atoms with van der Waals surface area (Å²) in [5.41, 5.74) is 1.49. The predicted molar refractivity (Wildman–Crippen MR) is 61.5 cm³/mol. The van der Waals surface area contributed by atoms with Gasteiger partial charge in [0, 0.05) is 24.5 Å². The topological polar surface area (TPSA) is 60.2 Å². The van der Waals surface area contributed by atoms with Crippen LogP contribution in [0.3, 0.4) is 0 Å². The molecule has 0 aliphatic heterocycles. The lowest BCUT2D eigenvalue weighted by molar-refractivity contribution is -0.385. The van der Waals surface area contributed by atoms with Crippen LogP contribution in [-0.2, 0) is 11.2 Å². The predicted octanol–water partition coefficient (Wildman–Crippen LogP) is 2.81. The molecule has 1 aromatic rings. The first-order valence-corrected chi connectivity index (χ1v) is 5.30. The van der Waals surface area contributed by atoms with Gasteiger partial charge in [-0.2, -0.15) is 0 Å². The molecule has 4 heteroatoms. The van der Waals surface area contributed by atoms with E-state index < -0.39 is 4.92 Å². The summed E-state index contributed by atoms with van der Waals surface area (Å²) in [4.78, 5) is 21.8. The zero-order valence-electron chi connectivity index (χ0n) is 9.53. The molecule has 0 saturated carbocycles. The molecular formula is C12H15NO3. The van der Waals surface area contributed by atoms with Gasteiger partial charge in [-0.3, -0.25) is 14.9 Å². The standard InChI is InChI=1S/C12H15NO3/c1-3-4-11(14)8-10-7-9(2)5-6-12(10)13(15)16/h5-7H,3-4,8H2,1-2H3. The van der Waals surface area contributed by atoms with Crippen molar-refractivity contribution in [2.24, 2.45) is 0 Å². The van der Waals surface area contributed by atoms with E-state index in [2.05, 4.69) is 0 Å². The van der Waals surface area contributed by atoms with Gasteiger partial charge < -0.3 is 0 Å². The lowest BCUT2D eigenvalue weighted by atomic mass is 10.0. The van der Waals surface area contributed by atoms with Crippen molar-refractivity contribution in [1.29, 1.82) is 0 Å². The molecule has 0 aliphatic carbocycles. The molecule has 0 atom stereocenters. The maximum Gasteiger partial charge on any atom is 0.273 e. The number of nitro groups is 1. The van der Waals surface area contributed by atoms with Crippen molar-refractivity contribution in [3.63, 3.8) is 0 Å². The summed E-state index contributed by atoms with van der Waals surface area (Å²) < 4.78 is 0. The first kappa shape index (κ1) is 12.4. The largest absolute Gasteiger partial charge is 0.299 e. The summed E-state index contributed by atoms with van der Waals surface area (Å²) in [5.74, 6) is 0.0520. The van der Waals surface area contributed by atoms with Crippen LogP contribution in [0.2, 0.25) is 0 Å². The van der Waals surface area contributed by atoms with E-state index in [1.54, 1.807) is 12.1 Å². The van der Waals surface area contributed by atoms with Crippen molar-refractivity contribution < 1.29 is 9.72 Å². The van der Waals surface area contributed by atoms with Crippen LogP contribution in [0.1, 0.15) is 30.9 Å². The minimum absolute atomic E-state index is 0.0371. The van der Waals surface area contributed by atoms with Crippen LogP contribution in [0.25, 0.3) is 0 Å². The van der Waals surface area contributed by atoms with Crippen molar-refractivity contribution in [2.45, 2.75) is 33.1 Å². The van der Waals surface area contributed by atoms with Gasteiger partial charge in [0.15, 0.2) is 0 Å². The van der Waals surface area contributed by atoms with Gasteiger partial charge in [0.05, 0.1) is 4.92 Å². The highest BCUT2D eigenvalue weighted by atomic mass is 16.6. The third kappa shape index (κ3) is 3.15. The van der Waals surface area contributed by atoms with E-state index in [0.717, 1.165) is 12.0 Å². The molecule has 0 saturated heterocycles. The van der Waals surface area contributed by atoms with Gasteiger partial charge in [-0.05, 0) is 19.4 Å². The van der Waals surface area contributed by atoms with Gasteiger partial charge in [-0.15, -0.1) is 0 Å². The third-order valence-electron chi connectivity index (χ3n) is 2.35. The summed E-state index contributed by atoms with van der Waals surface area (Å²) in [5, 5.41) is 10.8. The maximum absolute atomic E-state index is 11.5. The van der Waals surface area contributed by atoms with Crippen LogP contribution in [0.4, 0.5) is 5.69 Å². The molecular weight excluding hydrogens is 206 g/mol. The summed E-state index contributed by atoms with van der Waals surface area (Å²) in [7, 11) is 0. The number of nitro benzene ring substituents is 1. The van der Waals surface area contributed by atoms with Crippen LogP contribution in [0.15, 0.2) is 18.2 Å². The molecule has 0 aromatic heterocycles. The smallest absolute Gasteiger partial charge is 0.273 e. The van der Waals surface area contributed by atoms with Gasteiger partial charge >= 0.3 is 0 Å². The Kier molecular flexibility index (Phi) is 4.17. The fourth-order valence-electron chi connectivity index (χ4n) is 1.61. The van der Waals surface area contributed by atoms with E-state index in [1.807, 2.05) is 13.8 Å². The minimum atomic E-state index is -0.437. The average molecular weight is 221 g/mol. The van der Waals surface area contributed by atoms with Gasteiger partial charge in [-0.25, -0.2) is 0 Å². The quantitative estimate of drug-likeness (QED) is 0.567. The van der Waals surface area contributed by atoms with E-state index >= 15 is 0 Å². The van der Waals surface area contributed by atoms with E-state index in [-0.39, 0.29) is 17.9 Å².